The van der Waals surface area contributed by atoms with Gasteiger partial charge in [-0.3, -0.25) is 15.1 Å². The number of para-hydroxylation sites is 1. The molecule has 1 aromatic heterocycles. The number of non-ortho nitro benzene ring substituents is 1. The summed E-state index contributed by atoms with van der Waals surface area (Å²) < 4.78 is 5.41. The van der Waals surface area contributed by atoms with Crippen molar-refractivity contribution in [1.29, 1.82) is 0 Å². The van der Waals surface area contributed by atoms with Crippen LogP contribution in [0.3, 0.4) is 0 Å². The zero-order valence-electron chi connectivity index (χ0n) is 14.5. The Morgan fingerprint density at radius 3 is 2.77 bits per heavy atom. The van der Waals surface area contributed by atoms with Crippen molar-refractivity contribution in [3.63, 3.8) is 0 Å². The zero-order valence-corrected chi connectivity index (χ0v) is 14.5. The Hall–Kier alpha value is -3.15. The largest absolute Gasteiger partial charge is 0.495 e. The second-order valence-electron chi connectivity index (χ2n) is 6.40. The van der Waals surface area contributed by atoms with Crippen LogP contribution < -0.4 is 10.1 Å². The Labute approximate surface area is 151 Å². The molecule has 4 rings (SSSR count). The smallest absolute Gasteiger partial charge is 0.271 e. The molecule has 0 spiro atoms. The molecule has 0 fully saturated rings. The molecule has 1 aliphatic carbocycles. The number of hydrogen-bond acceptors (Lipinski definition) is 5. The van der Waals surface area contributed by atoms with Crippen molar-refractivity contribution in [2.45, 2.75) is 25.7 Å². The molecular weight excluding hydrogens is 330 g/mol. The van der Waals surface area contributed by atoms with Crippen molar-refractivity contribution in [1.82, 2.24) is 4.98 Å². The summed E-state index contributed by atoms with van der Waals surface area (Å²) in [5.74, 6) is 0.570. The molecule has 0 unspecified atom stereocenters. The van der Waals surface area contributed by atoms with Crippen LogP contribution in [0.1, 0.15) is 24.1 Å². The van der Waals surface area contributed by atoms with Gasteiger partial charge in [-0.2, -0.15) is 0 Å². The van der Waals surface area contributed by atoms with Crippen LogP contribution in [0.25, 0.3) is 10.9 Å². The number of methoxy groups -OCH3 is 1. The van der Waals surface area contributed by atoms with Crippen LogP contribution in [0, 0.1) is 10.1 Å². The minimum absolute atomic E-state index is 0.0283. The van der Waals surface area contributed by atoms with Crippen LogP contribution in [0.2, 0.25) is 0 Å². The minimum Gasteiger partial charge on any atom is -0.495 e. The van der Waals surface area contributed by atoms with E-state index in [0.29, 0.717) is 11.4 Å². The Balaban J connectivity index is 1.90. The fraction of sp³-hybridized carbons (Fsp3) is 0.250. The lowest BCUT2D eigenvalue weighted by atomic mass is 9.92. The molecule has 1 N–H and O–H groups in total. The average molecular weight is 349 g/mol. The van der Waals surface area contributed by atoms with E-state index in [1.807, 2.05) is 24.3 Å². The van der Waals surface area contributed by atoms with E-state index in [1.54, 1.807) is 13.2 Å². The second-order valence-corrected chi connectivity index (χ2v) is 6.40. The maximum Gasteiger partial charge on any atom is 0.271 e. The molecule has 3 aromatic rings. The number of rotatable bonds is 4. The van der Waals surface area contributed by atoms with Gasteiger partial charge in [-0.1, -0.05) is 18.2 Å². The number of aryl methyl sites for hydroxylation is 1. The minimum atomic E-state index is -0.398. The molecule has 6 nitrogen and oxygen atoms in total. The fourth-order valence-electron chi connectivity index (χ4n) is 3.56. The van der Waals surface area contributed by atoms with Crippen molar-refractivity contribution >= 4 is 28.0 Å². The van der Waals surface area contributed by atoms with Gasteiger partial charge in [0.15, 0.2) is 0 Å². The number of nitro benzene ring substituents is 1. The number of nitro groups is 1. The summed E-state index contributed by atoms with van der Waals surface area (Å²) >= 11 is 0. The number of anilines is 2. The zero-order chi connectivity index (χ0) is 18.1. The number of ether oxygens (including phenoxy) is 1. The Morgan fingerprint density at radius 1 is 1.15 bits per heavy atom. The van der Waals surface area contributed by atoms with Gasteiger partial charge in [0.05, 0.1) is 28.9 Å². The van der Waals surface area contributed by atoms with Gasteiger partial charge in [-0.15, -0.1) is 0 Å². The van der Waals surface area contributed by atoms with Crippen molar-refractivity contribution in [3.05, 3.63) is 63.8 Å². The van der Waals surface area contributed by atoms with Gasteiger partial charge in [0, 0.05) is 23.2 Å². The highest BCUT2D eigenvalue weighted by Gasteiger charge is 2.20. The van der Waals surface area contributed by atoms with Crippen molar-refractivity contribution in [2.75, 3.05) is 12.4 Å². The average Bonchev–Trinajstić information content (AvgIpc) is 2.67. The summed E-state index contributed by atoms with van der Waals surface area (Å²) in [6.45, 7) is 0. The molecule has 0 atom stereocenters. The molecule has 1 aliphatic rings. The number of aromatic nitrogens is 1. The molecule has 0 saturated heterocycles. The lowest BCUT2D eigenvalue weighted by Crippen LogP contribution is -2.10. The van der Waals surface area contributed by atoms with Gasteiger partial charge < -0.3 is 10.1 Å². The first kappa shape index (κ1) is 16.3. The quantitative estimate of drug-likeness (QED) is 0.542. The molecule has 0 saturated carbocycles. The Morgan fingerprint density at radius 2 is 1.96 bits per heavy atom. The lowest BCUT2D eigenvalue weighted by molar-refractivity contribution is -0.384. The van der Waals surface area contributed by atoms with E-state index in [4.69, 9.17) is 9.72 Å². The number of fused-ring (bicyclic) bond motifs is 2. The molecule has 0 bridgehead atoms. The highest BCUT2D eigenvalue weighted by Crippen LogP contribution is 2.38. The predicted octanol–water partition coefficient (Wildman–Crippen LogP) is 4.77. The molecule has 6 heteroatoms. The van der Waals surface area contributed by atoms with Crippen LogP contribution in [0.15, 0.2) is 42.5 Å². The van der Waals surface area contributed by atoms with E-state index in [2.05, 4.69) is 5.32 Å². The maximum atomic E-state index is 11.2. The van der Waals surface area contributed by atoms with Gasteiger partial charge in [0.25, 0.3) is 5.69 Å². The molecule has 132 valence electrons. The van der Waals surface area contributed by atoms with Crippen LogP contribution in [-0.2, 0) is 12.8 Å². The first-order chi connectivity index (χ1) is 12.7. The van der Waals surface area contributed by atoms with Gasteiger partial charge in [-0.25, -0.2) is 0 Å². The normalized spacial score (nSPS) is 13.3. The monoisotopic (exact) mass is 349 g/mol. The van der Waals surface area contributed by atoms with E-state index in [1.165, 1.54) is 17.7 Å². The van der Waals surface area contributed by atoms with E-state index < -0.39 is 4.92 Å². The SMILES string of the molecule is COc1ccc([N+](=O)[O-])cc1Nc1c2c(nc3ccccc13)CCCC2. The molecule has 26 heavy (non-hydrogen) atoms. The summed E-state index contributed by atoms with van der Waals surface area (Å²) in [6.07, 6.45) is 4.17. The fourth-order valence-corrected chi connectivity index (χ4v) is 3.56. The molecule has 0 aliphatic heterocycles. The summed E-state index contributed by atoms with van der Waals surface area (Å²) in [5, 5.41) is 15.6. The predicted molar refractivity (Wildman–Crippen MR) is 101 cm³/mol. The molecule has 2 aromatic carbocycles. The topological polar surface area (TPSA) is 77.3 Å². The van der Waals surface area contributed by atoms with Crippen LogP contribution in [0.4, 0.5) is 17.1 Å². The van der Waals surface area contributed by atoms with E-state index in [-0.39, 0.29) is 5.69 Å². The summed E-state index contributed by atoms with van der Waals surface area (Å²) in [7, 11) is 1.56. The van der Waals surface area contributed by atoms with Gasteiger partial charge >= 0.3 is 0 Å². The number of hydrogen-bond donors (Lipinski definition) is 1. The number of benzene rings is 2. The highest BCUT2D eigenvalue weighted by atomic mass is 16.6. The van der Waals surface area contributed by atoms with Crippen LogP contribution in [0.5, 0.6) is 5.75 Å². The Bertz CT molecular complexity index is 1000. The molecule has 0 amide bonds. The maximum absolute atomic E-state index is 11.2. The van der Waals surface area contributed by atoms with Crippen LogP contribution >= 0.6 is 0 Å². The van der Waals surface area contributed by atoms with E-state index in [0.717, 1.165) is 48.0 Å². The van der Waals surface area contributed by atoms with Gasteiger partial charge in [-0.05, 0) is 43.4 Å². The third-order valence-electron chi connectivity index (χ3n) is 4.82. The standard InChI is InChI=1S/C20H19N3O3/c1-26-19-11-10-13(23(24)25)12-18(19)22-20-14-6-2-4-8-16(14)21-17-9-5-3-7-15(17)20/h2,4,6,8,10-12H,3,5,7,9H2,1H3,(H,21,22). The molecular formula is C20H19N3O3. The van der Waals surface area contributed by atoms with Crippen molar-refractivity contribution < 1.29 is 9.66 Å². The number of nitrogens with zero attached hydrogens (tertiary/aromatic N) is 2. The summed E-state index contributed by atoms with van der Waals surface area (Å²) in [4.78, 5) is 15.6. The summed E-state index contributed by atoms with van der Waals surface area (Å²) in [5.41, 5.74) is 4.83. The third-order valence-corrected chi connectivity index (χ3v) is 4.82. The number of pyridine rings is 1. The van der Waals surface area contributed by atoms with E-state index in [9.17, 15) is 10.1 Å². The van der Waals surface area contributed by atoms with Gasteiger partial charge in [0.2, 0.25) is 0 Å². The van der Waals surface area contributed by atoms with Crippen LogP contribution in [-0.4, -0.2) is 17.0 Å². The van der Waals surface area contributed by atoms with E-state index >= 15 is 0 Å². The number of nitrogens with one attached hydrogen (secondary N) is 1. The molecule has 0 radical (unpaired) electrons. The van der Waals surface area contributed by atoms with Crippen molar-refractivity contribution in [3.8, 4) is 5.75 Å². The van der Waals surface area contributed by atoms with Gasteiger partial charge in [0.1, 0.15) is 5.75 Å². The lowest BCUT2D eigenvalue weighted by Gasteiger charge is -2.22. The Kier molecular flexibility index (Phi) is 4.16. The first-order valence-corrected chi connectivity index (χ1v) is 8.67. The second kappa shape index (κ2) is 6.63. The molecule has 1 heterocycles. The first-order valence-electron chi connectivity index (χ1n) is 8.67. The van der Waals surface area contributed by atoms with Crippen molar-refractivity contribution in [2.24, 2.45) is 0 Å². The summed E-state index contributed by atoms with van der Waals surface area (Å²) in [6, 6.07) is 12.6. The highest BCUT2D eigenvalue weighted by molar-refractivity contribution is 5.96. The third kappa shape index (κ3) is 2.83.